The average molecular weight is 334 g/mol. The lowest BCUT2D eigenvalue weighted by Gasteiger charge is -2.18. The van der Waals surface area contributed by atoms with Crippen LogP contribution in [0.4, 0.5) is 5.69 Å². The van der Waals surface area contributed by atoms with E-state index in [1.165, 1.54) is 39.0 Å². The van der Waals surface area contributed by atoms with Gasteiger partial charge in [-0.05, 0) is 39.0 Å². The lowest BCUT2D eigenvalue weighted by Crippen LogP contribution is -2.35. The predicted molar refractivity (Wildman–Crippen MR) is 80.6 cm³/mol. The molecule has 0 aliphatic heterocycles. The highest BCUT2D eigenvalue weighted by molar-refractivity contribution is 7.93. The van der Waals surface area contributed by atoms with Crippen molar-refractivity contribution in [2.75, 3.05) is 11.1 Å². The average Bonchev–Trinajstić information content (AvgIpc) is 2.29. The van der Waals surface area contributed by atoms with Gasteiger partial charge in [0.15, 0.2) is 9.84 Å². The topological polar surface area (TPSA) is 101 Å². The predicted octanol–water partition coefficient (Wildman–Crippen LogP) is 2.19. The fourth-order valence-electron chi connectivity index (χ4n) is 1.33. The van der Waals surface area contributed by atoms with Crippen LogP contribution in [-0.2, 0) is 14.6 Å². The highest BCUT2D eigenvalue weighted by atomic mass is 35.5. The van der Waals surface area contributed by atoms with Gasteiger partial charge >= 0.3 is 5.97 Å². The first-order valence-corrected chi connectivity index (χ1v) is 8.02. The van der Waals surface area contributed by atoms with Crippen molar-refractivity contribution < 1.29 is 23.1 Å². The molecule has 0 radical (unpaired) electrons. The van der Waals surface area contributed by atoms with Crippen LogP contribution in [0.1, 0.15) is 31.1 Å². The summed E-state index contributed by atoms with van der Waals surface area (Å²) in [7, 11) is -3.63. The number of benzene rings is 1. The van der Waals surface area contributed by atoms with Gasteiger partial charge in [-0.15, -0.1) is 0 Å². The van der Waals surface area contributed by atoms with Gasteiger partial charge in [-0.1, -0.05) is 11.6 Å². The molecule has 21 heavy (non-hydrogen) atoms. The quantitative estimate of drug-likeness (QED) is 0.879. The smallest absolute Gasteiger partial charge is 0.335 e. The van der Waals surface area contributed by atoms with Crippen LogP contribution < -0.4 is 5.32 Å². The number of carboxylic acids is 1. The van der Waals surface area contributed by atoms with Crippen molar-refractivity contribution in [1.82, 2.24) is 0 Å². The lowest BCUT2D eigenvalue weighted by molar-refractivity contribution is -0.113. The van der Waals surface area contributed by atoms with E-state index in [4.69, 9.17) is 16.7 Å². The van der Waals surface area contributed by atoms with Gasteiger partial charge < -0.3 is 10.4 Å². The molecule has 0 fully saturated rings. The maximum Gasteiger partial charge on any atom is 0.335 e. The molecule has 116 valence electrons. The van der Waals surface area contributed by atoms with Crippen molar-refractivity contribution in [2.45, 2.75) is 25.5 Å². The number of hydrogen-bond acceptors (Lipinski definition) is 4. The summed E-state index contributed by atoms with van der Waals surface area (Å²) in [6, 6.07) is 3.78. The standard InChI is InChI=1S/C13H16ClNO5S/c1-13(2,3)21(19,20)7-11(16)15-10-6-8(12(17)18)4-5-9(10)14/h4-6H,7H2,1-3H3,(H,15,16)(H,17,18). The third-order valence-corrected chi connectivity index (χ3v) is 5.58. The first-order chi connectivity index (χ1) is 9.44. The Balaban J connectivity index is 2.95. The van der Waals surface area contributed by atoms with Gasteiger partial charge in [-0.3, -0.25) is 4.79 Å². The highest BCUT2D eigenvalue weighted by Crippen LogP contribution is 2.24. The van der Waals surface area contributed by atoms with Crippen molar-refractivity contribution >= 4 is 39.0 Å². The number of hydrogen-bond donors (Lipinski definition) is 2. The maximum absolute atomic E-state index is 11.9. The lowest BCUT2D eigenvalue weighted by atomic mass is 10.2. The Hall–Kier alpha value is -1.60. The molecule has 8 heteroatoms. The third-order valence-electron chi connectivity index (χ3n) is 2.74. The van der Waals surface area contributed by atoms with E-state index in [-0.39, 0.29) is 16.3 Å². The molecular formula is C13H16ClNO5S. The summed E-state index contributed by atoms with van der Waals surface area (Å²) in [6.07, 6.45) is 0. The highest BCUT2D eigenvalue weighted by Gasteiger charge is 2.31. The molecule has 0 unspecified atom stereocenters. The SMILES string of the molecule is CC(C)(C)S(=O)(=O)CC(=O)Nc1cc(C(=O)O)ccc1Cl. The molecular weight excluding hydrogens is 318 g/mol. The molecule has 6 nitrogen and oxygen atoms in total. The van der Waals surface area contributed by atoms with E-state index in [9.17, 15) is 18.0 Å². The summed E-state index contributed by atoms with van der Waals surface area (Å²) in [5.74, 6) is -2.65. The van der Waals surface area contributed by atoms with E-state index in [0.29, 0.717) is 0 Å². The Morgan fingerprint density at radius 2 is 1.86 bits per heavy atom. The second-order valence-corrected chi connectivity index (χ2v) is 8.57. The second kappa shape index (κ2) is 6.03. The molecule has 0 saturated carbocycles. The molecule has 1 amide bonds. The van der Waals surface area contributed by atoms with E-state index in [0.717, 1.165) is 0 Å². The van der Waals surface area contributed by atoms with E-state index < -0.39 is 32.2 Å². The van der Waals surface area contributed by atoms with Crippen LogP contribution in [0.3, 0.4) is 0 Å². The van der Waals surface area contributed by atoms with Gasteiger partial charge in [0.1, 0.15) is 5.75 Å². The molecule has 0 heterocycles. The summed E-state index contributed by atoms with van der Waals surface area (Å²) >= 11 is 5.85. The van der Waals surface area contributed by atoms with Gasteiger partial charge in [-0.25, -0.2) is 13.2 Å². The Kier molecular flexibility index (Phi) is 5.01. The zero-order chi connectivity index (χ0) is 16.4. The molecule has 0 aliphatic rings. The number of amides is 1. The maximum atomic E-state index is 11.9. The number of halogens is 1. The van der Waals surface area contributed by atoms with Crippen molar-refractivity contribution in [3.8, 4) is 0 Å². The third kappa shape index (κ3) is 4.44. The number of rotatable bonds is 4. The second-order valence-electron chi connectivity index (χ2n) is 5.42. The first-order valence-electron chi connectivity index (χ1n) is 5.99. The number of carbonyl (C=O) groups excluding carboxylic acids is 1. The summed E-state index contributed by atoms with van der Waals surface area (Å²) in [5.41, 5.74) is -0.000876. The minimum absolute atomic E-state index is 0.0608. The van der Waals surface area contributed by atoms with Crippen LogP contribution in [0.2, 0.25) is 5.02 Å². The summed E-state index contributed by atoms with van der Waals surface area (Å²) < 4.78 is 22.8. The Labute approximate surface area is 128 Å². The largest absolute Gasteiger partial charge is 0.478 e. The molecule has 0 spiro atoms. The molecule has 0 aliphatic carbocycles. The Bertz CT molecular complexity index is 676. The van der Waals surface area contributed by atoms with E-state index in [2.05, 4.69) is 5.32 Å². The molecule has 0 bridgehead atoms. The van der Waals surface area contributed by atoms with Crippen molar-refractivity contribution in [2.24, 2.45) is 0 Å². The monoisotopic (exact) mass is 333 g/mol. The Morgan fingerprint density at radius 3 is 2.33 bits per heavy atom. The number of aromatic carboxylic acids is 1. The van der Waals surface area contributed by atoms with Crippen LogP contribution in [0, 0.1) is 0 Å². The molecule has 1 aromatic rings. The fraction of sp³-hybridized carbons (Fsp3) is 0.385. The zero-order valence-electron chi connectivity index (χ0n) is 11.8. The fourth-order valence-corrected chi connectivity index (χ4v) is 2.34. The van der Waals surface area contributed by atoms with E-state index >= 15 is 0 Å². The van der Waals surface area contributed by atoms with E-state index in [1.54, 1.807) is 0 Å². The molecule has 0 atom stereocenters. The van der Waals surface area contributed by atoms with Crippen LogP contribution in [0.25, 0.3) is 0 Å². The number of carbonyl (C=O) groups is 2. The van der Waals surface area contributed by atoms with Crippen molar-refractivity contribution in [3.63, 3.8) is 0 Å². The molecule has 2 N–H and O–H groups in total. The Morgan fingerprint density at radius 1 is 1.29 bits per heavy atom. The number of anilines is 1. The van der Waals surface area contributed by atoms with Gasteiger partial charge in [0, 0.05) is 0 Å². The minimum Gasteiger partial charge on any atom is -0.478 e. The van der Waals surface area contributed by atoms with Crippen LogP contribution in [-0.4, -0.2) is 35.9 Å². The van der Waals surface area contributed by atoms with Gasteiger partial charge in [0.25, 0.3) is 0 Å². The molecule has 0 saturated heterocycles. The van der Waals surface area contributed by atoms with Gasteiger partial charge in [-0.2, -0.15) is 0 Å². The summed E-state index contributed by atoms with van der Waals surface area (Å²) in [4.78, 5) is 22.7. The number of carboxylic acid groups (broad SMARTS) is 1. The van der Waals surface area contributed by atoms with Gasteiger partial charge in [0.2, 0.25) is 5.91 Å². The van der Waals surface area contributed by atoms with E-state index in [1.807, 2.05) is 0 Å². The summed E-state index contributed by atoms with van der Waals surface area (Å²) in [5, 5.41) is 11.3. The molecule has 1 aromatic carbocycles. The van der Waals surface area contributed by atoms with Crippen LogP contribution >= 0.6 is 11.6 Å². The van der Waals surface area contributed by atoms with Crippen molar-refractivity contribution in [1.29, 1.82) is 0 Å². The number of sulfone groups is 1. The normalized spacial score (nSPS) is 12.0. The first kappa shape index (κ1) is 17.5. The van der Waals surface area contributed by atoms with Crippen LogP contribution in [0.15, 0.2) is 18.2 Å². The molecule has 0 aromatic heterocycles. The van der Waals surface area contributed by atoms with Crippen LogP contribution in [0.5, 0.6) is 0 Å². The van der Waals surface area contributed by atoms with Gasteiger partial charge in [0.05, 0.1) is 21.0 Å². The zero-order valence-corrected chi connectivity index (χ0v) is 13.4. The van der Waals surface area contributed by atoms with Crippen molar-refractivity contribution in [3.05, 3.63) is 28.8 Å². The summed E-state index contributed by atoms with van der Waals surface area (Å²) in [6.45, 7) is 4.48. The number of nitrogens with one attached hydrogen (secondary N) is 1. The molecule has 1 rings (SSSR count). The minimum atomic E-state index is -3.63.